The molecule has 3 rings (SSSR count). The molecule has 0 bridgehead atoms. The minimum atomic E-state index is -3.98. The lowest BCUT2D eigenvalue weighted by Crippen LogP contribution is -2.33. The Hall–Kier alpha value is -2.60. The maximum Gasteiger partial charge on any atom is 0.276 e. The molecular weight excluding hydrogens is 417 g/mol. The van der Waals surface area contributed by atoms with Gasteiger partial charge in [0.05, 0.1) is 21.3 Å². The van der Waals surface area contributed by atoms with Gasteiger partial charge in [0.2, 0.25) is 10.0 Å². The van der Waals surface area contributed by atoms with E-state index in [2.05, 4.69) is 10.4 Å². The fraction of sp³-hybridized carbons (Fsp3) is 0. The maximum atomic E-state index is 13.8. The van der Waals surface area contributed by atoms with E-state index < -0.39 is 21.7 Å². The molecule has 0 atom stereocenters. The molecule has 0 aliphatic carbocycles. The Morgan fingerprint density at radius 2 is 2.00 bits per heavy atom. The average Bonchev–Trinajstić information content (AvgIpc) is 2.86. The summed E-state index contributed by atoms with van der Waals surface area (Å²) in [4.78, 5) is 12.0. The molecule has 12 heteroatoms. The summed E-state index contributed by atoms with van der Waals surface area (Å²) < 4.78 is 36.9. The molecule has 0 aromatic heterocycles. The Kier molecular flexibility index (Phi) is 4.86. The molecule has 1 aliphatic heterocycles. The van der Waals surface area contributed by atoms with Gasteiger partial charge in [0.1, 0.15) is 5.82 Å². The molecule has 0 saturated heterocycles. The van der Waals surface area contributed by atoms with E-state index in [9.17, 15) is 17.6 Å². The van der Waals surface area contributed by atoms with Crippen molar-refractivity contribution in [2.24, 2.45) is 16.0 Å². The van der Waals surface area contributed by atoms with Crippen LogP contribution in [0.5, 0.6) is 0 Å². The Balaban J connectivity index is 2.13. The molecule has 140 valence electrons. The van der Waals surface area contributed by atoms with Gasteiger partial charge in [0, 0.05) is 5.56 Å². The lowest BCUT2D eigenvalue weighted by molar-refractivity contribution is -0.110. The molecule has 0 spiro atoms. The number of nitrogens with zero attached hydrogens (tertiary/aromatic N) is 2. The summed E-state index contributed by atoms with van der Waals surface area (Å²) in [5, 5.41) is 12.2. The number of nitrogens with two attached hydrogens (primary N) is 2. The first-order valence-corrected chi connectivity index (χ1v) is 9.53. The number of rotatable bonds is 3. The lowest BCUT2D eigenvalue weighted by Gasteiger charge is -2.18. The molecule has 2 aromatic carbocycles. The van der Waals surface area contributed by atoms with Crippen LogP contribution < -0.4 is 21.2 Å². The number of carbonyl (C=O) groups is 1. The van der Waals surface area contributed by atoms with Crippen molar-refractivity contribution in [1.29, 1.82) is 0 Å². The van der Waals surface area contributed by atoms with Crippen LogP contribution in [-0.2, 0) is 14.8 Å². The average molecular weight is 428 g/mol. The van der Waals surface area contributed by atoms with Crippen LogP contribution in [-0.4, -0.2) is 25.1 Å². The van der Waals surface area contributed by atoms with Crippen LogP contribution in [0.1, 0.15) is 5.56 Å². The van der Waals surface area contributed by atoms with E-state index in [1.165, 1.54) is 30.3 Å². The summed E-state index contributed by atoms with van der Waals surface area (Å²) in [6.45, 7) is 0. The second kappa shape index (κ2) is 6.85. The molecule has 0 saturated carbocycles. The highest BCUT2D eigenvalue weighted by atomic mass is 35.5. The summed E-state index contributed by atoms with van der Waals surface area (Å²) in [5.74, 6) is -1.37. The summed E-state index contributed by atoms with van der Waals surface area (Å²) in [7, 11) is -3.98. The van der Waals surface area contributed by atoms with Gasteiger partial charge in [-0.15, -0.1) is 0 Å². The van der Waals surface area contributed by atoms with E-state index in [1.807, 2.05) is 0 Å². The molecule has 2 aromatic rings. The second-order valence-electron chi connectivity index (χ2n) is 5.41. The number of sulfonamides is 1. The fourth-order valence-corrected chi connectivity index (χ4v) is 3.24. The smallest absolute Gasteiger partial charge is 0.276 e. The number of anilines is 2. The molecule has 27 heavy (non-hydrogen) atoms. The number of thiocarbonyl (C=S) groups is 1. The third-order valence-corrected chi connectivity index (χ3v) is 4.95. The summed E-state index contributed by atoms with van der Waals surface area (Å²) >= 11 is 10.7. The Labute approximate surface area is 163 Å². The first-order valence-electron chi connectivity index (χ1n) is 7.19. The predicted octanol–water partition coefficient (Wildman–Crippen LogP) is 1.53. The lowest BCUT2D eigenvalue weighted by atomic mass is 10.1. The molecule has 0 fully saturated rings. The van der Waals surface area contributed by atoms with Gasteiger partial charge >= 0.3 is 0 Å². The van der Waals surface area contributed by atoms with Gasteiger partial charge in [0.15, 0.2) is 10.8 Å². The Morgan fingerprint density at radius 3 is 2.63 bits per heavy atom. The Bertz CT molecular complexity index is 1120. The molecule has 1 amide bonds. The zero-order chi connectivity index (χ0) is 19.9. The number of hydrogen-bond acceptors (Lipinski definition) is 5. The first kappa shape index (κ1) is 19.2. The normalized spacial score (nSPS) is 14.8. The standard InChI is InChI=1S/C15H11ClFN5O3S2/c16-10-6-12-9(5-11(10)17)13(14(23)20-12)21-22(15(18)26)7-2-1-3-8(4-7)27(19,24)25/h1-6H,(H2,18,26)(H2,19,24,25)(H,20,21,23). The molecule has 5 N–H and O–H groups in total. The summed E-state index contributed by atoms with van der Waals surface area (Å²) in [6, 6.07) is 7.64. The zero-order valence-electron chi connectivity index (χ0n) is 13.3. The third-order valence-electron chi connectivity index (χ3n) is 3.58. The van der Waals surface area contributed by atoms with E-state index >= 15 is 0 Å². The summed E-state index contributed by atoms with van der Waals surface area (Å²) in [5.41, 5.74) is 6.07. The highest BCUT2D eigenvalue weighted by molar-refractivity contribution is 7.89. The van der Waals surface area contributed by atoms with Crippen LogP contribution in [0.25, 0.3) is 0 Å². The number of amides is 1. The molecule has 8 nitrogen and oxygen atoms in total. The van der Waals surface area contributed by atoms with Gasteiger partial charge in [0.25, 0.3) is 5.91 Å². The molecular formula is C15H11ClFN5O3S2. The van der Waals surface area contributed by atoms with Gasteiger partial charge in [-0.05, 0) is 42.5 Å². The van der Waals surface area contributed by atoms with Crippen molar-refractivity contribution in [2.75, 3.05) is 10.3 Å². The minimum absolute atomic E-state index is 0.150. The highest BCUT2D eigenvalue weighted by Gasteiger charge is 2.29. The van der Waals surface area contributed by atoms with Crippen molar-refractivity contribution in [1.82, 2.24) is 0 Å². The topological polar surface area (TPSA) is 131 Å². The number of halogens is 2. The van der Waals surface area contributed by atoms with Crippen molar-refractivity contribution in [3.05, 3.63) is 52.8 Å². The van der Waals surface area contributed by atoms with Crippen LogP contribution in [0.3, 0.4) is 0 Å². The van der Waals surface area contributed by atoms with Gasteiger partial charge < -0.3 is 11.1 Å². The first-order chi connectivity index (χ1) is 12.6. The van der Waals surface area contributed by atoms with Crippen molar-refractivity contribution >= 4 is 61.9 Å². The van der Waals surface area contributed by atoms with Crippen LogP contribution >= 0.6 is 23.8 Å². The Morgan fingerprint density at radius 1 is 1.30 bits per heavy atom. The number of fused-ring (bicyclic) bond motifs is 1. The fourth-order valence-electron chi connectivity index (χ4n) is 2.38. The van der Waals surface area contributed by atoms with E-state index in [0.717, 1.165) is 11.1 Å². The SMILES string of the molecule is NC(=S)N(/N=C1\C(=O)Nc2cc(Cl)c(F)cc21)c1cccc(S(N)(=O)=O)c1. The minimum Gasteiger partial charge on any atom is -0.374 e. The molecule has 0 radical (unpaired) electrons. The highest BCUT2D eigenvalue weighted by Crippen LogP contribution is 2.30. The number of hydrazone groups is 1. The maximum absolute atomic E-state index is 13.8. The second-order valence-corrected chi connectivity index (χ2v) is 7.79. The van der Waals surface area contributed by atoms with Crippen LogP contribution in [0.4, 0.5) is 15.8 Å². The zero-order valence-corrected chi connectivity index (χ0v) is 15.7. The van der Waals surface area contributed by atoms with E-state index in [-0.39, 0.29) is 37.7 Å². The van der Waals surface area contributed by atoms with Crippen LogP contribution in [0, 0.1) is 5.82 Å². The van der Waals surface area contributed by atoms with Crippen LogP contribution in [0.2, 0.25) is 5.02 Å². The van der Waals surface area contributed by atoms with Crippen molar-refractivity contribution in [3.8, 4) is 0 Å². The predicted molar refractivity (Wildman–Crippen MR) is 104 cm³/mol. The molecule has 1 aliphatic rings. The monoisotopic (exact) mass is 427 g/mol. The van der Waals surface area contributed by atoms with E-state index in [4.69, 9.17) is 34.7 Å². The van der Waals surface area contributed by atoms with Gasteiger partial charge in [-0.25, -0.2) is 23.0 Å². The number of nitrogens with one attached hydrogen (secondary N) is 1. The number of hydrogen-bond donors (Lipinski definition) is 3. The van der Waals surface area contributed by atoms with Gasteiger partial charge in [-0.1, -0.05) is 17.7 Å². The van der Waals surface area contributed by atoms with Crippen molar-refractivity contribution in [3.63, 3.8) is 0 Å². The van der Waals surface area contributed by atoms with E-state index in [0.29, 0.717) is 0 Å². The molecule has 1 heterocycles. The number of carbonyl (C=O) groups excluding carboxylic acids is 1. The molecule has 0 unspecified atom stereocenters. The van der Waals surface area contributed by atoms with Gasteiger partial charge in [-0.2, -0.15) is 5.10 Å². The number of benzene rings is 2. The number of primary sulfonamides is 1. The van der Waals surface area contributed by atoms with E-state index in [1.54, 1.807) is 0 Å². The summed E-state index contributed by atoms with van der Waals surface area (Å²) in [6.07, 6.45) is 0. The van der Waals surface area contributed by atoms with Crippen LogP contribution in [0.15, 0.2) is 46.4 Å². The van der Waals surface area contributed by atoms with Crippen molar-refractivity contribution < 1.29 is 17.6 Å². The van der Waals surface area contributed by atoms with Gasteiger partial charge in [-0.3, -0.25) is 4.79 Å². The third kappa shape index (κ3) is 3.76. The largest absolute Gasteiger partial charge is 0.374 e. The van der Waals surface area contributed by atoms with Crippen molar-refractivity contribution in [2.45, 2.75) is 4.90 Å². The quantitative estimate of drug-likeness (QED) is 0.503.